The van der Waals surface area contributed by atoms with Gasteiger partial charge in [0.05, 0.1) is 0 Å². The van der Waals surface area contributed by atoms with Crippen LogP contribution in [0.15, 0.2) is 29.2 Å². The van der Waals surface area contributed by atoms with Gasteiger partial charge in [0, 0.05) is 18.0 Å². The number of hydrogen-bond acceptors (Lipinski definition) is 2. The summed E-state index contributed by atoms with van der Waals surface area (Å²) in [4.78, 5) is 3.60. The highest BCUT2D eigenvalue weighted by molar-refractivity contribution is 7.80. The molecule has 1 saturated heterocycles. The molecule has 1 fully saturated rings. The molecule has 1 aromatic rings. The fourth-order valence-corrected chi connectivity index (χ4v) is 2.44. The number of piperidine rings is 1. The average Bonchev–Trinajstić information content (AvgIpc) is 2.22. The maximum atomic E-state index is 4.30. The number of nitrogens with zero attached hydrogens (tertiary/aromatic N) is 1. The van der Waals surface area contributed by atoms with Crippen molar-refractivity contribution >= 4 is 12.6 Å². The van der Waals surface area contributed by atoms with Gasteiger partial charge in [-0.3, -0.25) is 4.90 Å². The van der Waals surface area contributed by atoms with Crippen LogP contribution in [0.4, 0.5) is 0 Å². The highest BCUT2D eigenvalue weighted by Crippen LogP contribution is 2.18. The molecule has 0 saturated carbocycles. The lowest BCUT2D eigenvalue weighted by molar-refractivity contribution is 0.176. The van der Waals surface area contributed by atoms with Crippen molar-refractivity contribution in [1.29, 1.82) is 0 Å². The minimum Gasteiger partial charge on any atom is -0.299 e. The molecule has 0 N–H and O–H groups in total. The van der Waals surface area contributed by atoms with Gasteiger partial charge in [-0.2, -0.15) is 0 Å². The summed E-state index contributed by atoms with van der Waals surface area (Å²) in [5.41, 5.74) is 1.40. The Balaban J connectivity index is 1.93. The number of likely N-dealkylation sites (tertiary alicyclic amines) is 1. The molecular formula is C13H19NS. The van der Waals surface area contributed by atoms with Gasteiger partial charge in [-0.1, -0.05) is 19.1 Å². The van der Waals surface area contributed by atoms with Crippen LogP contribution in [0.2, 0.25) is 0 Å². The molecule has 15 heavy (non-hydrogen) atoms. The van der Waals surface area contributed by atoms with E-state index < -0.39 is 0 Å². The minimum atomic E-state index is 0.864. The first kappa shape index (κ1) is 11.0. The summed E-state index contributed by atoms with van der Waals surface area (Å²) in [6, 6.07) is 8.51. The molecule has 1 heterocycles. The second-order valence-electron chi connectivity index (χ2n) is 4.65. The molecule has 0 amide bonds. The van der Waals surface area contributed by atoms with Crippen molar-refractivity contribution in [2.45, 2.75) is 31.2 Å². The summed E-state index contributed by atoms with van der Waals surface area (Å²) >= 11 is 4.30. The van der Waals surface area contributed by atoms with Crippen LogP contribution in [0.5, 0.6) is 0 Å². The number of benzene rings is 1. The lowest BCUT2D eigenvalue weighted by Crippen LogP contribution is -2.33. The second kappa shape index (κ2) is 5.04. The van der Waals surface area contributed by atoms with Crippen LogP contribution in [0, 0.1) is 5.92 Å². The summed E-state index contributed by atoms with van der Waals surface area (Å²) in [6.45, 7) is 5.96. The van der Waals surface area contributed by atoms with E-state index in [1.807, 2.05) is 0 Å². The Labute approximate surface area is 97.9 Å². The molecule has 0 spiro atoms. The molecule has 82 valence electrons. The second-order valence-corrected chi connectivity index (χ2v) is 5.17. The molecule has 0 aromatic heterocycles. The first-order valence-corrected chi connectivity index (χ1v) is 6.19. The van der Waals surface area contributed by atoms with Crippen LogP contribution in [-0.2, 0) is 6.54 Å². The smallest absolute Gasteiger partial charge is 0.0233 e. The van der Waals surface area contributed by atoms with Crippen LogP contribution < -0.4 is 0 Å². The number of hydrogen-bond donors (Lipinski definition) is 1. The molecule has 2 rings (SSSR count). The van der Waals surface area contributed by atoms with Crippen molar-refractivity contribution in [3.63, 3.8) is 0 Å². The molecule has 0 radical (unpaired) electrons. The van der Waals surface area contributed by atoms with Crippen molar-refractivity contribution in [2.75, 3.05) is 13.1 Å². The lowest BCUT2D eigenvalue weighted by atomic mass is 10.00. The number of thiol groups is 1. The fourth-order valence-electron chi connectivity index (χ4n) is 2.29. The summed E-state index contributed by atoms with van der Waals surface area (Å²) in [7, 11) is 0. The summed E-state index contributed by atoms with van der Waals surface area (Å²) < 4.78 is 0. The van der Waals surface area contributed by atoms with Gasteiger partial charge in [-0.15, -0.1) is 12.6 Å². The third kappa shape index (κ3) is 3.25. The van der Waals surface area contributed by atoms with Crippen molar-refractivity contribution in [2.24, 2.45) is 5.92 Å². The quantitative estimate of drug-likeness (QED) is 0.751. The van der Waals surface area contributed by atoms with Crippen LogP contribution in [0.1, 0.15) is 25.3 Å². The molecule has 0 unspecified atom stereocenters. The summed E-state index contributed by atoms with van der Waals surface area (Å²) in [5.74, 6) is 0.864. The SMILES string of the molecule is C[C@H]1CCCN(Cc2ccc(S)cc2)C1. The van der Waals surface area contributed by atoms with E-state index >= 15 is 0 Å². The zero-order valence-corrected chi connectivity index (χ0v) is 10.2. The Bertz CT molecular complexity index is 307. The first-order chi connectivity index (χ1) is 7.24. The third-order valence-electron chi connectivity index (χ3n) is 3.08. The highest BCUT2D eigenvalue weighted by atomic mass is 32.1. The fraction of sp³-hybridized carbons (Fsp3) is 0.538. The van der Waals surface area contributed by atoms with Crippen LogP contribution >= 0.6 is 12.6 Å². The van der Waals surface area contributed by atoms with Gasteiger partial charge in [0.2, 0.25) is 0 Å². The highest BCUT2D eigenvalue weighted by Gasteiger charge is 2.15. The normalized spacial score (nSPS) is 22.9. The third-order valence-corrected chi connectivity index (χ3v) is 3.38. The lowest BCUT2D eigenvalue weighted by Gasteiger charge is -2.30. The average molecular weight is 221 g/mol. The Hall–Kier alpha value is -0.470. The molecule has 1 aromatic carbocycles. The maximum Gasteiger partial charge on any atom is 0.0233 e. The molecular weight excluding hydrogens is 202 g/mol. The van der Waals surface area contributed by atoms with E-state index in [1.54, 1.807) is 0 Å². The predicted molar refractivity (Wildman–Crippen MR) is 67.4 cm³/mol. The minimum absolute atomic E-state index is 0.864. The van der Waals surface area contributed by atoms with Gasteiger partial charge in [0.15, 0.2) is 0 Å². The number of rotatable bonds is 2. The molecule has 1 aliphatic heterocycles. The summed E-state index contributed by atoms with van der Waals surface area (Å²) in [5, 5.41) is 0. The summed E-state index contributed by atoms with van der Waals surface area (Å²) in [6.07, 6.45) is 2.75. The van der Waals surface area contributed by atoms with Gasteiger partial charge in [0.1, 0.15) is 0 Å². The Kier molecular flexibility index (Phi) is 3.71. The van der Waals surface area contributed by atoms with E-state index in [4.69, 9.17) is 0 Å². The van der Waals surface area contributed by atoms with Gasteiger partial charge < -0.3 is 0 Å². The standard InChI is InChI=1S/C13H19NS/c1-11-3-2-8-14(9-11)10-12-4-6-13(15)7-5-12/h4-7,11,15H,2-3,8-10H2,1H3/t11-/m0/s1. The Morgan fingerprint density at radius 1 is 1.33 bits per heavy atom. The first-order valence-electron chi connectivity index (χ1n) is 5.74. The Morgan fingerprint density at radius 3 is 2.73 bits per heavy atom. The molecule has 2 heteroatoms. The predicted octanol–water partition coefficient (Wildman–Crippen LogP) is 3.21. The molecule has 1 atom stereocenters. The zero-order chi connectivity index (χ0) is 10.7. The zero-order valence-electron chi connectivity index (χ0n) is 9.32. The largest absolute Gasteiger partial charge is 0.299 e. The monoisotopic (exact) mass is 221 g/mol. The van der Waals surface area contributed by atoms with E-state index in [1.165, 1.54) is 31.5 Å². The molecule has 0 bridgehead atoms. The molecule has 0 aliphatic carbocycles. The van der Waals surface area contributed by atoms with Crippen molar-refractivity contribution in [3.8, 4) is 0 Å². The van der Waals surface area contributed by atoms with E-state index in [0.29, 0.717) is 0 Å². The van der Waals surface area contributed by atoms with E-state index in [9.17, 15) is 0 Å². The van der Waals surface area contributed by atoms with E-state index in [-0.39, 0.29) is 0 Å². The maximum absolute atomic E-state index is 4.30. The van der Waals surface area contributed by atoms with Crippen molar-refractivity contribution in [3.05, 3.63) is 29.8 Å². The van der Waals surface area contributed by atoms with Crippen LogP contribution in [0.25, 0.3) is 0 Å². The molecule has 1 aliphatic rings. The van der Waals surface area contributed by atoms with Gasteiger partial charge >= 0.3 is 0 Å². The van der Waals surface area contributed by atoms with E-state index in [0.717, 1.165) is 17.4 Å². The van der Waals surface area contributed by atoms with E-state index in [2.05, 4.69) is 48.7 Å². The van der Waals surface area contributed by atoms with Crippen molar-refractivity contribution in [1.82, 2.24) is 4.90 Å². The van der Waals surface area contributed by atoms with Crippen LogP contribution in [0.3, 0.4) is 0 Å². The van der Waals surface area contributed by atoms with Crippen molar-refractivity contribution < 1.29 is 0 Å². The topological polar surface area (TPSA) is 3.24 Å². The van der Waals surface area contributed by atoms with Crippen LogP contribution in [-0.4, -0.2) is 18.0 Å². The Morgan fingerprint density at radius 2 is 2.07 bits per heavy atom. The van der Waals surface area contributed by atoms with Gasteiger partial charge in [-0.05, 0) is 43.0 Å². The molecule has 1 nitrogen and oxygen atoms in total. The van der Waals surface area contributed by atoms with Gasteiger partial charge in [-0.25, -0.2) is 0 Å². The van der Waals surface area contributed by atoms with Gasteiger partial charge in [0.25, 0.3) is 0 Å².